The lowest BCUT2D eigenvalue weighted by Crippen LogP contribution is -2.71. The fourth-order valence-corrected chi connectivity index (χ4v) is 4.71. The second-order valence-electron chi connectivity index (χ2n) is 7.02. The minimum absolute atomic E-state index is 0.0241. The Balaban J connectivity index is 1.78. The summed E-state index contributed by atoms with van der Waals surface area (Å²) in [5.41, 5.74) is -0.653. The van der Waals surface area contributed by atoms with Crippen molar-refractivity contribution in [3.8, 4) is 0 Å². The van der Waals surface area contributed by atoms with Crippen molar-refractivity contribution in [1.29, 1.82) is 0 Å². The molecule has 1 aliphatic heterocycles. The van der Waals surface area contributed by atoms with Gasteiger partial charge in [0, 0.05) is 11.3 Å². The van der Waals surface area contributed by atoms with Crippen LogP contribution in [0, 0.1) is 5.92 Å². The molecule has 0 aromatic carbocycles. The normalized spacial score (nSPS) is 41.1. The predicted octanol–water partition coefficient (Wildman–Crippen LogP) is 2.18. The zero-order valence-electron chi connectivity index (χ0n) is 13.2. The predicted molar refractivity (Wildman–Crippen MR) is 85.1 cm³/mol. The molecule has 0 spiro atoms. The number of hydrogen-bond acceptors (Lipinski definition) is 3. The van der Waals surface area contributed by atoms with E-state index in [2.05, 4.69) is 11.6 Å². The molecule has 1 saturated heterocycles. The van der Waals surface area contributed by atoms with Gasteiger partial charge in [-0.2, -0.15) is 11.8 Å². The SMILES string of the molecule is CSC1CCC(N2C(=O)C(C)(C3CC3)NC(=O)C2C)CC1. The van der Waals surface area contributed by atoms with E-state index in [1.807, 2.05) is 30.5 Å². The van der Waals surface area contributed by atoms with Gasteiger partial charge in [-0.05, 0) is 64.5 Å². The lowest BCUT2D eigenvalue weighted by Gasteiger charge is -2.48. The molecule has 2 amide bonds. The summed E-state index contributed by atoms with van der Waals surface area (Å²) in [7, 11) is 0. The Kier molecular flexibility index (Phi) is 3.97. The van der Waals surface area contributed by atoms with Gasteiger partial charge in [-0.15, -0.1) is 0 Å². The molecule has 0 aromatic heterocycles. The van der Waals surface area contributed by atoms with Gasteiger partial charge in [-0.1, -0.05) is 0 Å². The van der Waals surface area contributed by atoms with Crippen LogP contribution in [0.3, 0.4) is 0 Å². The van der Waals surface area contributed by atoms with Crippen molar-refractivity contribution in [2.75, 3.05) is 6.26 Å². The van der Waals surface area contributed by atoms with Crippen molar-refractivity contribution in [1.82, 2.24) is 10.2 Å². The second kappa shape index (κ2) is 5.49. The van der Waals surface area contributed by atoms with E-state index in [1.54, 1.807) is 0 Å². The minimum atomic E-state index is -0.653. The fraction of sp³-hybridized carbons (Fsp3) is 0.875. The van der Waals surface area contributed by atoms with Crippen molar-refractivity contribution in [2.45, 2.75) is 75.2 Å². The molecule has 2 atom stereocenters. The Morgan fingerprint density at radius 1 is 1.14 bits per heavy atom. The summed E-state index contributed by atoms with van der Waals surface area (Å²) < 4.78 is 0. The number of piperazine rings is 1. The van der Waals surface area contributed by atoms with Crippen molar-refractivity contribution >= 4 is 23.6 Å². The summed E-state index contributed by atoms with van der Waals surface area (Å²) in [5, 5.41) is 3.73. The first-order valence-corrected chi connectivity index (χ1v) is 9.43. The summed E-state index contributed by atoms with van der Waals surface area (Å²) in [6, 6.07) is -0.0693. The molecule has 0 radical (unpaired) electrons. The Hall–Kier alpha value is -0.710. The van der Waals surface area contributed by atoms with Crippen LogP contribution in [0.2, 0.25) is 0 Å². The molecule has 2 unspecified atom stereocenters. The average Bonchev–Trinajstić information content (AvgIpc) is 3.31. The molecule has 1 heterocycles. The molecule has 5 heteroatoms. The van der Waals surface area contributed by atoms with Crippen LogP contribution in [-0.4, -0.2) is 45.8 Å². The first kappa shape index (κ1) is 15.2. The number of nitrogens with one attached hydrogen (secondary N) is 1. The van der Waals surface area contributed by atoms with E-state index >= 15 is 0 Å². The largest absolute Gasteiger partial charge is 0.340 e. The maximum Gasteiger partial charge on any atom is 0.249 e. The molecule has 21 heavy (non-hydrogen) atoms. The van der Waals surface area contributed by atoms with Crippen LogP contribution in [0.15, 0.2) is 0 Å². The van der Waals surface area contributed by atoms with E-state index in [-0.39, 0.29) is 23.9 Å². The molecule has 4 nitrogen and oxygen atoms in total. The lowest BCUT2D eigenvalue weighted by molar-refractivity contribution is -0.158. The zero-order chi connectivity index (χ0) is 15.2. The molecule has 3 rings (SSSR count). The highest BCUT2D eigenvalue weighted by molar-refractivity contribution is 7.99. The standard InChI is InChI=1S/C16H26N2O2S/c1-10-14(19)17-16(2,11-4-5-11)15(20)18(10)12-6-8-13(21-3)9-7-12/h10-13H,4-9H2,1-3H3,(H,17,19). The topological polar surface area (TPSA) is 49.4 Å². The van der Waals surface area contributed by atoms with Crippen molar-refractivity contribution in [2.24, 2.45) is 5.92 Å². The molecule has 0 aromatic rings. The number of carbonyl (C=O) groups excluding carboxylic acids is 2. The van der Waals surface area contributed by atoms with E-state index in [9.17, 15) is 9.59 Å². The average molecular weight is 310 g/mol. The van der Waals surface area contributed by atoms with Gasteiger partial charge in [0.05, 0.1) is 0 Å². The zero-order valence-corrected chi connectivity index (χ0v) is 14.0. The monoisotopic (exact) mass is 310 g/mol. The van der Waals surface area contributed by atoms with Crippen LogP contribution in [0.4, 0.5) is 0 Å². The molecule has 2 aliphatic carbocycles. The van der Waals surface area contributed by atoms with Gasteiger partial charge in [0.25, 0.3) is 0 Å². The highest BCUT2D eigenvalue weighted by atomic mass is 32.2. The van der Waals surface area contributed by atoms with Crippen LogP contribution in [0.1, 0.15) is 52.4 Å². The molecule has 0 bridgehead atoms. The van der Waals surface area contributed by atoms with Crippen LogP contribution < -0.4 is 5.32 Å². The van der Waals surface area contributed by atoms with Crippen LogP contribution in [0.5, 0.6) is 0 Å². The van der Waals surface area contributed by atoms with Crippen LogP contribution >= 0.6 is 11.8 Å². The van der Waals surface area contributed by atoms with Crippen molar-refractivity contribution in [3.05, 3.63) is 0 Å². The maximum atomic E-state index is 13.0. The molecule has 2 saturated carbocycles. The summed E-state index contributed by atoms with van der Waals surface area (Å²) >= 11 is 1.93. The van der Waals surface area contributed by atoms with Gasteiger partial charge < -0.3 is 10.2 Å². The Bertz CT molecular complexity index is 444. The van der Waals surface area contributed by atoms with Gasteiger partial charge in [0.15, 0.2) is 0 Å². The number of hydrogen-bond donors (Lipinski definition) is 1. The van der Waals surface area contributed by atoms with Gasteiger partial charge in [0.1, 0.15) is 11.6 Å². The third kappa shape index (κ3) is 2.58. The summed E-state index contributed by atoms with van der Waals surface area (Å²) in [6.07, 6.45) is 8.67. The Morgan fingerprint density at radius 2 is 1.76 bits per heavy atom. The van der Waals surface area contributed by atoms with E-state index in [4.69, 9.17) is 0 Å². The first-order valence-electron chi connectivity index (χ1n) is 8.15. The van der Waals surface area contributed by atoms with Crippen molar-refractivity contribution < 1.29 is 9.59 Å². The fourth-order valence-electron chi connectivity index (χ4n) is 3.96. The van der Waals surface area contributed by atoms with Gasteiger partial charge in [-0.3, -0.25) is 9.59 Å². The van der Waals surface area contributed by atoms with E-state index < -0.39 is 5.54 Å². The second-order valence-corrected chi connectivity index (χ2v) is 8.16. The molecule has 3 aliphatic rings. The number of carbonyl (C=O) groups is 2. The number of amides is 2. The summed E-state index contributed by atoms with van der Waals surface area (Å²) in [5.74, 6) is 0.521. The summed E-state index contributed by atoms with van der Waals surface area (Å²) in [6.45, 7) is 3.80. The lowest BCUT2D eigenvalue weighted by atomic mass is 9.85. The number of thioether (sulfide) groups is 1. The Morgan fingerprint density at radius 3 is 2.29 bits per heavy atom. The van der Waals surface area contributed by atoms with Gasteiger partial charge >= 0.3 is 0 Å². The third-order valence-corrected chi connectivity index (χ3v) is 6.76. The summed E-state index contributed by atoms with van der Waals surface area (Å²) in [4.78, 5) is 27.3. The molecular formula is C16H26N2O2S. The molecule has 1 N–H and O–H groups in total. The van der Waals surface area contributed by atoms with Crippen LogP contribution in [-0.2, 0) is 9.59 Å². The first-order chi connectivity index (χ1) is 9.97. The van der Waals surface area contributed by atoms with E-state index in [0.29, 0.717) is 5.92 Å². The van der Waals surface area contributed by atoms with Crippen molar-refractivity contribution in [3.63, 3.8) is 0 Å². The number of nitrogens with zero attached hydrogens (tertiary/aromatic N) is 1. The van der Waals surface area contributed by atoms with Crippen LogP contribution in [0.25, 0.3) is 0 Å². The van der Waals surface area contributed by atoms with Gasteiger partial charge in [0.2, 0.25) is 11.8 Å². The quantitative estimate of drug-likeness (QED) is 0.869. The smallest absolute Gasteiger partial charge is 0.249 e. The molecule has 118 valence electrons. The molecular weight excluding hydrogens is 284 g/mol. The Labute approximate surface area is 131 Å². The highest BCUT2D eigenvalue weighted by Crippen LogP contribution is 2.43. The van der Waals surface area contributed by atoms with E-state index in [0.717, 1.165) is 43.8 Å². The van der Waals surface area contributed by atoms with Gasteiger partial charge in [-0.25, -0.2) is 0 Å². The molecule has 3 fully saturated rings. The number of rotatable bonds is 3. The third-order valence-electron chi connectivity index (χ3n) is 5.62. The highest BCUT2D eigenvalue weighted by Gasteiger charge is 2.55. The van der Waals surface area contributed by atoms with E-state index in [1.165, 1.54) is 0 Å². The maximum absolute atomic E-state index is 13.0. The minimum Gasteiger partial charge on any atom is -0.340 e.